The summed E-state index contributed by atoms with van der Waals surface area (Å²) in [6.45, 7) is -1.77. The maximum absolute atomic E-state index is 14.1. The number of hydrogen-bond donors (Lipinski definition) is 2. The van der Waals surface area contributed by atoms with Gasteiger partial charge in [-0.15, -0.1) is 0 Å². The van der Waals surface area contributed by atoms with Gasteiger partial charge in [0.25, 0.3) is 11.3 Å². The standard InChI is InChI=1S/C14H18F12O3/c15-9(11(17,18)19,5-1-3-7-27)13(23,24)29-14(25,26)10(16,12(20,21)22)6-2-4-8-28/h27-28H,1-8H2. The van der Waals surface area contributed by atoms with Gasteiger partial charge in [0.15, 0.2) is 0 Å². The molecule has 0 aromatic rings. The van der Waals surface area contributed by atoms with Crippen molar-refractivity contribution in [1.82, 2.24) is 0 Å². The van der Waals surface area contributed by atoms with Crippen LogP contribution < -0.4 is 0 Å². The van der Waals surface area contributed by atoms with Crippen LogP contribution in [-0.2, 0) is 4.74 Å². The van der Waals surface area contributed by atoms with Gasteiger partial charge in [-0.25, -0.2) is 13.5 Å². The number of halogens is 12. The zero-order chi connectivity index (χ0) is 23.4. The predicted molar refractivity (Wildman–Crippen MR) is 72.6 cm³/mol. The SMILES string of the molecule is OCCCCC(F)(C(F)(F)F)C(F)(F)OC(F)(F)C(F)(CCCCO)C(F)(F)F. The van der Waals surface area contributed by atoms with Crippen molar-refractivity contribution in [3.63, 3.8) is 0 Å². The molecule has 0 aliphatic carbocycles. The Morgan fingerprint density at radius 2 is 0.759 bits per heavy atom. The molecule has 0 heterocycles. The van der Waals surface area contributed by atoms with Crippen LogP contribution in [0.4, 0.5) is 52.7 Å². The van der Waals surface area contributed by atoms with E-state index in [9.17, 15) is 52.7 Å². The highest BCUT2D eigenvalue weighted by Crippen LogP contribution is 2.55. The second-order valence-corrected chi connectivity index (χ2v) is 6.09. The van der Waals surface area contributed by atoms with Gasteiger partial charge in [0.05, 0.1) is 0 Å². The molecule has 0 aromatic carbocycles. The van der Waals surface area contributed by atoms with Crippen LogP contribution in [0.5, 0.6) is 0 Å². The van der Waals surface area contributed by atoms with E-state index in [-0.39, 0.29) is 0 Å². The second kappa shape index (κ2) is 9.45. The van der Waals surface area contributed by atoms with Crippen molar-refractivity contribution in [3.05, 3.63) is 0 Å². The van der Waals surface area contributed by atoms with Gasteiger partial charge < -0.3 is 10.2 Å². The van der Waals surface area contributed by atoms with E-state index in [4.69, 9.17) is 10.2 Å². The van der Waals surface area contributed by atoms with Crippen molar-refractivity contribution < 1.29 is 67.6 Å². The molecule has 0 fully saturated rings. The van der Waals surface area contributed by atoms with Crippen LogP contribution in [0.2, 0.25) is 0 Å². The van der Waals surface area contributed by atoms with E-state index >= 15 is 0 Å². The monoisotopic (exact) mass is 462 g/mol. The molecular weight excluding hydrogens is 444 g/mol. The summed E-state index contributed by atoms with van der Waals surface area (Å²) in [4.78, 5) is 0. The van der Waals surface area contributed by atoms with E-state index < -0.39 is 87.6 Å². The summed E-state index contributed by atoms with van der Waals surface area (Å²) in [6.07, 6.45) is -34.5. The van der Waals surface area contributed by atoms with E-state index in [0.717, 1.165) is 0 Å². The van der Waals surface area contributed by atoms with Gasteiger partial charge >= 0.3 is 24.6 Å². The number of ether oxygens (including phenoxy) is 1. The van der Waals surface area contributed by atoms with Gasteiger partial charge in [-0.3, -0.25) is 0 Å². The molecule has 3 nitrogen and oxygen atoms in total. The largest absolute Gasteiger partial charge is 0.431 e. The van der Waals surface area contributed by atoms with Crippen LogP contribution in [0, 0.1) is 0 Å². The number of rotatable bonds is 12. The molecule has 0 saturated carbocycles. The fourth-order valence-electron chi connectivity index (χ4n) is 2.19. The van der Waals surface area contributed by atoms with Crippen LogP contribution in [0.25, 0.3) is 0 Å². The first kappa shape index (κ1) is 28.0. The average molecular weight is 462 g/mol. The zero-order valence-corrected chi connectivity index (χ0v) is 14.5. The van der Waals surface area contributed by atoms with Crippen LogP contribution in [0.3, 0.4) is 0 Å². The van der Waals surface area contributed by atoms with Gasteiger partial charge in [0, 0.05) is 13.2 Å². The second-order valence-electron chi connectivity index (χ2n) is 6.09. The molecule has 2 unspecified atom stereocenters. The maximum Gasteiger partial charge on any atom is 0.431 e. The Bertz CT molecular complexity index is 463. The molecule has 2 N–H and O–H groups in total. The Kier molecular flexibility index (Phi) is 9.14. The molecule has 2 atom stereocenters. The maximum atomic E-state index is 14.1. The molecule has 0 amide bonds. The Morgan fingerprint density at radius 3 is 0.966 bits per heavy atom. The van der Waals surface area contributed by atoms with E-state index in [0.29, 0.717) is 0 Å². The molecule has 0 aliphatic heterocycles. The first-order chi connectivity index (χ1) is 12.8. The molecular formula is C14H18F12O3. The molecule has 15 heteroatoms. The third kappa shape index (κ3) is 6.03. The van der Waals surface area contributed by atoms with Crippen molar-refractivity contribution in [3.8, 4) is 0 Å². The minimum absolute atomic E-state index is 0.676. The average Bonchev–Trinajstić information content (AvgIpc) is 2.51. The van der Waals surface area contributed by atoms with Crippen molar-refractivity contribution in [2.24, 2.45) is 0 Å². The van der Waals surface area contributed by atoms with Crippen molar-refractivity contribution in [1.29, 1.82) is 0 Å². The highest BCUT2D eigenvalue weighted by atomic mass is 19.4. The topological polar surface area (TPSA) is 49.7 Å². The molecule has 0 bridgehead atoms. The molecule has 176 valence electrons. The first-order valence-electron chi connectivity index (χ1n) is 8.02. The van der Waals surface area contributed by atoms with Crippen LogP contribution in [0.1, 0.15) is 38.5 Å². The third-order valence-corrected chi connectivity index (χ3v) is 3.94. The Labute approximate surface area is 156 Å². The molecule has 0 spiro atoms. The number of hydrogen-bond acceptors (Lipinski definition) is 3. The summed E-state index contributed by atoms with van der Waals surface area (Å²) >= 11 is 0. The van der Waals surface area contributed by atoms with Gasteiger partial charge in [-0.05, 0) is 38.5 Å². The fourth-order valence-corrected chi connectivity index (χ4v) is 2.19. The Morgan fingerprint density at radius 1 is 0.483 bits per heavy atom. The van der Waals surface area contributed by atoms with Crippen molar-refractivity contribution >= 4 is 0 Å². The predicted octanol–water partition coefficient (Wildman–Crippen LogP) is 5.06. The number of aliphatic hydroxyl groups excluding tert-OH is 2. The van der Waals surface area contributed by atoms with E-state index in [1.807, 2.05) is 0 Å². The Balaban J connectivity index is 6.01. The summed E-state index contributed by atoms with van der Waals surface area (Å²) in [5.74, 6) is 0. The Hall–Kier alpha value is -0.960. The highest BCUT2D eigenvalue weighted by Gasteiger charge is 2.79. The molecule has 29 heavy (non-hydrogen) atoms. The molecule has 0 saturated heterocycles. The minimum atomic E-state index is -6.62. The summed E-state index contributed by atoms with van der Waals surface area (Å²) in [5.41, 5.74) is -11.8. The van der Waals surface area contributed by atoms with E-state index in [1.54, 1.807) is 0 Å². The molecule has 0 aromatic heterocycles. The minimum Gasteiger partial charge on any atom is -0.396 e. The number of aliphatic hydroxyl groups is 2. The molecule has 0 rings (SSSR count). The van der Waals surface area contributed by atoms with E-state index in [2.05, 4.69) is 4.74 Å². The summed E-state index contributed by atoms with van der Waals surface area (Å²) < 4.78 is 162. The zero-order valence-electron chi connectivity index (χ0n) is 14.5. The lowest BCUT2D eigenvalue weighted by Gasteiger charge is -2.40. The fraction of sp³-hybridized carbons (Fsp3) is 1.00. The molecule has 0 radical (unpaired) electrons. The van der Waals surface area contributed by atoms with Crippen LogP contribution in [-0.4, -0.2) is 59.3 Å². The lowest BCUT2D eigenvalue weighted by atomic mass is 9.94. The van der Waals surface area contributed by atoms with Crippen LogP contribution in [0.15, 0.2) is 0 Å². The summed E-state index contributed by atoms with van der Waals surface area (Å²) in [6, 6.07) is 0. The highest BCUT2D eigenvalue weighted by molar-refractivity contribution is 5.00. The lowest BCUT2D eigenvalue weighted by molar-refractivity contribution is -0.483. The number of unbranched alkanes of at least 4 members (excludes halogenated alkanes) is 2. The van der Waals surface area contributed by atoms with Gasteiger partial charge in [0.2, 0.25) is 0 Å². The van der Waals surface area contributed by atoms with Gasteiger partial charge in [0.1, 0.15) is 0 Å². The smallest absolute Gasteiger partial charge is 0.396 e. The first-order valence-corrected chi connectivity index (χ1v) is 8.02. The summed E-state index contributed by atoms with van der Waals surface area (Å²) in [5, 5.41) is 16.8. The normalized spacial score (nSPS) is 18.4. The number of alkyl halides is 12. The lowest BCUT2D eigenvalue weighted by Crippen LogP contribution is -2.64. The van der Waals surface area contributed by atoms with Crippen molar-refractivity contribution in [2.45, 2.75) is 74.4 Å². The van der Waals surface area contributed by atoms with Gasteiger partial charge in [-0.2, -0.15) is 43.9 Å². The molecule has 0 aliphatic rings. The van der Waals surface area contributed by atoms with Crippen LogP contribution >= 0.6 is 0 Å². The van der Waals surface area contributed by atoms with Gasteiger partial charge in [-0.1, -0.05) is 0 Å². The quantitative estimate of drug-likeness (QED) is 0.315. The van der Waals surface area contributed by atoms with Crippen molar-refractivity contribution in [2.75, 3.05) is 13.2 Å². The van der Waals surface area contributed by atoms with E-state index in [1.165, 1.54) is 0 Å². The third-order valence-electron chi connectivity index (χ3n) is 3.94. The summed E-state index contributed by atoms with van der Waals surface area (Å²) in [7, 11) is 0.